The van der Waals surface area contributed by atoms with E-state index in [0.717, 1.165) is 54.7 Å². The number of hydrogen-bond donors (Lipinski definition) is 3. The highest BCUT2D eigenvalue weighted by molar-refractivity contribution is 5.99. The van der Waals surface area contributed by atoms with Crippen LogP contribution in [0.1, 0.15) is 55.5 Å². The van der Waals surface area contributed by atoms with Gasteiger partial charge in [0.05, 0.1) is 6.10 Å². The van der Waals surface area contributed by atoms with Crippen LogP contribution >= 0.6 is 0 Å². The Balaban J connectivity index is 1.61. The number of benzene rings is 2. The lowest BCUT2D eigenvalue weighted by molar-refractivity contribution is -0.128. The minimum absolute atomic E-state index is 0.0812. The first-order valence-electron chi connectivity index (χ1n) is 13.0. The molecule has 0 radical (unpaired) electrons. The number of nitrogens with two attached hydrogens (primary N) is 1. The molecule has 2 unspecified atom stereocenters. The molecule has 1 saturated heterocycles. The highest BCUT2D eigenvalue weighted by Crippen LogP contribution is 2.32. The van der Waals surface area contributed by atoms with Gasteiger partial charge in [-0.2, -0.15) is 0 Å². The molecule has 2 aromatic rings. The largest absolute Gasteiger partial charge is 0.392 e. The van der Waals surface area contributed by atoms with Gasteiger partial charge in [0, 0.05) is 49.4 Å². The van der Waals surface area contributed by atoms with Crippen LogP contribution in [0.25, 0.3) is 17.2 Å². The van der Waals surface area contributed by atoms with Crippen molar-refractivity contribution in [3.63, 3.8) is 0 Å². The van der Waals surface area contributed by atoms with Gasteiger partial charge in [0.1, 0.15) is 6.17 Å². The van der Waals surface area contributed by atoms with E-state index in [2.05, 4.69) is 15.7 Å². The van der Waals surface area contributed by atoms with E-state index in [-0.39, 0.29) is 18.4 Å². The summed E-state index contributed by atoms with van der Waals surface area (Å²) in [5.41, 5.74) is 4.90. The highest BCUT2D eigenvalue weighted by Gasteiger charge is 2.26. The summed E-state index contributed by atoms with van der Waals surface area (Å²) in [5, 5.41) is 20.8. The van der Waals surface area contributed by atoms with Crippen molar-refractivity contribution in [3.8, 4) is 11.1 Å². The molecule has 0 bridgehead atoms. The van der Waals surface area contributed by atoms with E-state index >= 15 is 0 Å². The third-order valence-corrected chi connectivity index (χ3v) is 6.72. The summed E-state index contributed by atoms with van der Waals surface area (Å²) in [7, 11) is 0. The molecule has 2 atom stereocenters. The number of rotatable bonds is 8. The molecule has 9 nitrogen and oxygen atoms in total. The van der Waals surface area contributed by atoms with E-state index in [1.165, 1.54) is 0 Å². The fourth-order valence-electron chi connectivity index (χ4n) is 4.95. The molecule has 2 aliphatic heterocycles. The molecular formula is C28H36N6O3. The molecule has 4 rings (SSSR count). The van der Waals surface area contributed by atoms with Gasteiger partial charge in [0.15, 0.2) is 0 Å². The lowest BCUT2D eigenvalue weighted by Gasteiger charge is -2.25. The zero-order valence-electron chi connectivity index (χ0n) is 21.6. The summed E-state index contributed by atoms with van der Waals surface area (Å²) in [6.07, 6.45) is 3.99. The molecular weight excluding hydrogens is 468 g/mol. The molecule has 0 saturated carbocycles. The molecule has 2 heterocycles. The van der Waals surface area contributed by atoms with Gasteiger partial charge in [-0.1, -0.05) is 36.4 Å². The van der Waals surface area contributed by atoms with Crippen LogP contribution in [0.15, 0.2) is 58.4 Å². The quantitative estimate of drug-likeness (QED) is 0.284. The lowest BCUT2D eigenvalue weighted by Crippen LogP contribution is -2.38. The summed E-state index contributed by atoms with van der Waals surface area (Å²) >= 11 is 0. The zero-order valence-corrected chi connectivity index (χ0v) is 21.6. The van der Waals surface area contributed by atoms with Crippen LogP contribution < -0.4 is 11.2 Å². The van der Waals surface area contributed by atoms with Gasteiger partial charge in [0.2, 0.25) is 5.91 Å². The van der Waals surface area contributed by atoms with Crippen molar-refractivity contribution >= 4 is 23.6 Å². The molecule has 0 aromatic heterocycles. The Labute approximate surface area is 218 Å². The van der Waals surface area contributed by atoms with Crippen LogP contribution in [0.3, 0.4) is 0 Å². The molecule has 2 aliphatic rings. The second-order valence-electron chi connectivity index (χ2n) is 9.74. The number of fused-ring (bicyclic) bond motifs is 1. The Morgan fingerprint density at radius 2 is 1.86 bits per heavy atom. The second-order valence-corrected chi connectivity index (χ2v) is 9.74. The Morgan fingerprint density at radius 1 is 1.16 bits per heavy atom. The average molecular weight is 505 g/mol. The number of nitrogens with one attached hydrogen (secondary N) is 1. The fraction of sp³-hybridized carbons (Fsp3) is 0.429. The predicted octanol–water partition coefficient (Wildman–Crippen LogP) is 4.06. The van der Waals surface area contributed by atoms with Crippen LogP contribution in [0.4, 0.5) is 5.69 Å². The second kappa shape index (κ2) is 12.0. The van der Waals surface area contributed by atoms with E-state index in [9.17, 15) is 14.7 Å². The number of likely N-dealkylation sites (tertiary alicyclic amines) is 1. The monoisotopic (exact) mass is 504 g/mol. The Morgan fingerprint density at radius 3 is 2.51 bits per heavy atom. The molecule has 4 N–H and O–H groups in total. The molecule has 0 aliphatic carbocycles. The van der Waals surface area contributed by atoms with Gasteiger partial charge in [-0.3, -0.25) is 9.59 Å². The summed E-state index contributed by atoms with van der Waals surface area (Å²) in [6.45, 7) is 6.15. The van der Waals surface area contributed by atoms with E-state index in [0.29, 0.717) is 24.1 Å². The van der Waals surface area contributed by atoms with Crippen molar-refractivity contribution in [3.05, 3.63) is 59.2 Å². The van der Waals surface area contributed by atoms with Gasteiger partial charge in [-0.05, 0) is 67.2 Å². The third kappa shape index (κ3) is 6.35. The molecule has 196 valence electrons. The Kier molecular flexibility index (Phi) is 8.55. The molecule has 37 heavy (non-hydrogen) atoms. The van der Waals surface area contributed by atoms with Gasteiger partial charge < -0.3 is 26.1 Å². The molecule has 2 amide bonds. The van der Waals surface area contributed by atoms with Crippen LogP contribution in [0.5, 0.6) is 0 Å². The van der Waals surface area contributed by atoms with Crippen molar-refractivity contribution < 1.29 is 14.7 Å². The molecule has 1 fully saturated rings. The van der Waals surface area contributed by atoms with E-state index in [4.69, 9.17) is 5.84 Å². The van der Waals surface area contributed by atoms with Crippen molar-refractivity contribution in [2.75, 3.05) is 31.5 Å². The van der Waals surface area contributed by atoms with E-state index < -0.39 is 12.3 Å². The molecule has 2 aromatic carbocycles. The summed E-state index contributed by atoms with van der Waals surface area (Å²) < 4.78 is 0. The number of hydrogen-bond acceptors (Lipinski definition) is 6. The highest BCUT2D eigenvalue weighted by atomic mass is 16.3. The van der Waals surface area contributed by atoms with Crippen LogP contribution in [-0.4, -0.2) is 65.2 Å². The van der Waals surface area contributed by atoms with Crippen molar-refractivity contribution in [2.45, 2.75) is 51.8 Å². The third-order valence-electron chi connectivity index (χ3n) is 6.72. The van der Waals surface area contributed by atoms with Gasteiger partial charge in [0.25, 0.3) is 5.91 Å². The Hall–Kier alpha value is -3.72. The van der Waals surface area contributed by atoms with Gasteiger partial charge in [-0.15, -0.1) is 5.11 Å². The number of anilines is 1. The first-order valence-corrected chi connectivity index (χ1v) is 13.0. The van der Waals surface area contributed by atoms with Crippen molar-refractivity contribution in [2.24, 2.45) is 16.2 Å². The van der Waals surface area contributed by atoms with E-state index in [1.807, 2.05) is 60.4 Å². The fourth-order valence-corrected chi connectivity index (χ4v) is 4.95. The van der Waals surface area contributed by atoms with Crippen LogP contribution in [0.2, 0.25) is 0 Å². The SMILES string of the molecule is CCCN(CC(C)O)C(=O)C1=Cc2ccc(-c3ccc(C(=O)N4CCCC4)cc3)cc2NC(N=NN)C1. The average Bonchev–Trinajstić information content (AvgIpc) is 3.36. The summed E-state index contributed by atoms with van der Waals surface area (Å²) in [6, 6.07) is 13.7. The lowest BCUT2D eigenvalue weighted by atomic mass is 10.00. The van der Waals surface area contributed by atoms with Crippen molar-refractivity contribution in [1.29, 1.82) is 0 Å². The summed E-state index contributed by atoms with van der Waals surface area (Å²) in [4.78, 5) is 29.7. The topological polar surface area (TPSA) is 124 Å². The van der Waals surface area contributed by atoms with E-state index in [1.54, 1.807) is 11.8 Å². The maximum absolute atomic E-state index is 13.4. The zero-order chi connectivity index (χ0) is 26.4. The maximum atomic E-state index is 13.4. The molecule has 0 spiro atoms. The minimum atomic E-state index is -0.619. The summed E-state index contributed by atoms with van der Waals surface area (Å²) in [5.74, 6) is 5.32. The number of aliphatic hydroxyl groups excluding tert-OH is 1. The maximum Gasteiger partial charge on any atom is 0.253 e. The number of carbonyl (C=O) groups excluding carboxylic acids is 2. The van der Waals surface area contributed by atoms with Crippen LogP contribution in [-0.2, 0) is 4.79 Å². The number of nitrogens with zero attached hydrogens (tertiary/aromatic N) is 4. The number of amides is 2. The van der Waals surface area contributed by atoms with Gasteiger partial charge in [-0.25, -0.2) is 0 Å². The first kappa shape index (κ1) is 26.3. The first-order chi connectivity index (χ1) is 17.9. The van der Waals surface area contributed by atoms with Crippen LogP contribution in [0, 0.1) is 0 Å². The smallest absolute Gasteiger partial charge is 0.253 e. The minimum Gasteiger partial charge on any atom is -0.392 e. The predicted molar refractivity (Wildman–Crippen MR) is 145 cm³/mol. The number of aliphatic hydroxyl groups is 1. The Bertz CT molecular complexity index is 1170. The number of carbonyl (C=O) groups is 2. The van der Waals surface area contributed by atoms with Gasteiger partial charge >= 0.3 is 0 Å². The standard InChI is InChI=1S/C28H36N6O3/c1-3-12-34(18-19(2)35)28(37)24-15-23-11-10-22(16-25(23)30-26(17-24)31-32-29)20-6-8-21(9-7-20)27(36)33-13-4-5-14-33/h6-11,15-16,19,26,30,35H,3-5,12-14,17-18H2,1-2H3,(H2,29,31). The normalized spacial score (nSPS) is 18.1. The molecule has 9 heteroatoms. The van der Waals surface area contributed by atoms with Crippen molar-refractivity contribution in [1.82, 2.24) is 9.80 Å².